The summed E-state index contributed by atoms with van der Waals surface area (Å²) in [5, 5.41) is 3.18. The van der Waals surface area contributed by atoms with Crippen LogP contribution in [0.4, 0.5) is 5.69 Å². The molecule has 2 rings (SSSR count). The van der Waals surface area contributed by atoms with E-state index in [0.717, 1.165) is 17.5 Å². The minimum atomic E-state index is 0. The number of carbonyl (C=O) groups is 1. The number of nitrogens with two attached hydrogens (primary N) is 1. The van der Waals surface area contributed by atoms with E-state index in [9.17, 15) is 4.79 Å². The number of carbonyl (C=O) groups excluding carboxylic acids is 1. The number of hydrogen-bond donors (Lipinski definition) is 2. The van der Waals surface area contributed by atoms with E-state index in [1.807, 2.05) is 42.5 Å². The standard InChI is InChI=1S/C20H26N2O.ClH/c1-20(2,3)14-18(16-7-5-4-6-8-16)22-19(23)13-15-9-11-17(21)12-10-15;/h4-12,18H,13-14,21H2,1-3H3,(H,22,23);1H. The van der Waals surface area contributed by atoms with E-state index < -0.39 is 0 Å². The second kappa shape index (κ2) is 8.74. The third-order valence-corrected chi connectivity index (χ3v) is 3.70. The lowest BCUT2D eigenvalue weighted by Crippen LogP contribution is -2.32. The van der Waals surface area contributed by atoms with Crippen molar-refractivity contribution in [3.63, 3.8) is 0 Å². The van der Waals surface area contributed by atoms with Crippen LogP contribution in [0.5, 0.6) is 0 Å². The molecule has 2 aromatic rings. The zero-order valence-corrected chi connectivity index (χ0v) is 15.4. The lowest BCUT2D eigenvalue weighted by molar-refractivity contribution is -0.121. The molecule has 1 unspecified atom stereocenters. The van der Waals surface area contributed by atoms with E-state index in [1.165, 1.54) is 0 Å². The van der Waals surface area contributed by atoms with Crippen LogP contribution in [0.2, 0.25) is 0 Å². The van der Waals surface area contributed by atoms with Crippen molar-refractivity contribution in [1.82, 2.24) is 5.32 Å². The van der Waals surface area contributed by atoms with Gasteiger partial charge in [0.2, 0.25) is 5.91 Å². The third-order valence-electron chi connectivity index (χ3n) is 3.70. The molecular weight excluding hydrogens is 320 g/mol. The van der Waals surface area contributed by atoms with E-state index in [2.05, 4.69) is 38.2 Å². The molecular formula is C20H27ClN2O. The molecule has 0 saturated carbocycles. The van der Waals surface area contributed by atoms with E-state index in [-0.39, 0.29) is 29.8 Å². The fourth-order valence-electron chi connectivity index (χ4n) is 2.62. The monoisotopic (exact) mass is 346 g/mol. The van der Waals surface area contributed by atoms with Gasteiger partial charge in [0.15, 0.2) is 0 Å². The van der Waals surface area contributed by atoms with Crippen LogP contribution in [-0.4, -0.2) is 5.91 Å². The molecule has 130 valence electrons. The number of anilines is 1. The zero-order valence-electron chi connectivity index (χ0n) is 14.6. The van der Waals surface area contributed by atoms with Gasteiger partial charge in [-0.25, -0.2) is 0 Å². The summed E-state index contributed by atoms with van der Waals surface area (Å²) in [5.74, 6) is 0.0351. The Kier molecular flexibility index (Phi) is 7.30. The molecule has 0 radical (unpaired) electrons. The van der Waals surface area contributed by atoms with Gasteiger partial charge in [-0.2, -0.15) is 0 Å². The van der Waals surface area contributed by atoms with Crippen molar-refractivity contribution in [3.05, 3.63) is 65.7 Å². The molecule has 4 heteroatoms. The van der Waals surface area contributed by atoms with Crippen LogP contribution in [0.25, 0.3) is 0 Å². The number of amides is 1. The van der Waals surface area contributed by atoms with Gasteiger partial charge in [0, 0.05) is 5.69 Å². The smallest absolute Gasteiger partial charge is 0.224 e. The first-order valence-corrected chi connectivity index (χ1v) is 8.02. The highest BCUT2D eigenvalue weighted by Gasteiger charge is 2.21. The Balaban J connectivity index is 0.00000288. The second-order valence-electron chi connectivity index (χ2n) is 7.21. The maximum Gasteiger partial charge on any atom is 0.224 e. The Morgan fingerprint density at radius 2 is 1.62 bits per heavy atom. The number of nitrogen functional groups attached to an aromatic ring is 1. The fourth-order valence-corrected chi connectivity index (χ4v) is 2.62. The van der Waals surface area contributed by atoms with Crippen molar-refractivity contribution in [2.24, 2.45) is 5.41 Å². The zero-order chi connectivity index (χ0) is 16.9. The van der Waals surface area contributed by atoms with E-state index in [4.69, 9.17) is 5.73 Å². The summed E-state index contributed by atoms with van der Waals surface area (Å²) in [5.41, 5.74) is 8.65. The molecule has 0 heterocycles. The average molecular weight is 347 g/mol. The van der Waals surface area contributed by atoms with Crippen molar-refractivity contribution >= 4 is 24.0 Å². The molecule has 0 saturated heterocycles. The molecule has 0 bridgehead atoms. The highest BCUT2D eigenvalue weighted by molar-refractivity contribution is 5.85. The molecule has 3 N–H and O–H groups in total. The van der Waals surface area contributed by atoms with Crippen molar-refractivity contribution in [2.45, 2.75) is 39.7 Å². The summed E-state index contributed by atoms with van der Waals surface area (Å²) in [4.78, 5) is 12.4. The van der Waals surface area contributed by atoms with E-state index in [0.29, 0.717) is 12.1 Å². The molecule has 3 nitrogen and oxygen atoms in total. The van der Waals surface area contributed by atoms with E-state index in [1.54, 1.807) is 0 Å². The van der Waals surface area contributed by atoms with Gasteiger partial charge < -0.3 is 11.1 Å². The molecule has 0 aliphatic heterocycles. The Bertz CT molecular complexity index is 633. The molecule has 0 fully saturated rings. The predicted octanol–water partition coefficient (Wildman–Crippen LogP) is 4.53. The average Bonchev–Trinajstić information content (AvgIpc) is 2.48. The van der Waals surface area contributed by atoms with Crippen LogP contribution >= 0.6 is 12.4 Å². The summed E-state index contributed by atoms with van der Waals surface area (Å²) in [6.07, 6.45) is 1.26. The minimum absolute atomic E-state index is 0. The summed E-state index contributed by atoms with van der Waals surface area (Å²) >= 11 is 0. The van der Waals surface area contributed by atoms with Crippen LogP contribution in [0.15, 0.2) is 54.6 Å². The topological polar surface area (TPSA) is 55.1 Å². The van der Waals surface area contributed by atoms with Crippen molar-refractivity contribution in [1.29, 1.82) is 0 Å². The molecule has 0 spiro atoms. The van der Waals surface area contributed by atoms with Gasteiger partial charge in [-0.05, 0) is 35.1 Å². The molecule has 0 aromatic heterocycles. The van der Waals surface area contributed by atoms with Crippen molar-refractivity contribution < 1.29 is 4.79 Å². The minimum Gasteiger partial charge on any atom is -0.399 e. The largest absolute Gasteiger partial charge is 0.399 e. The molecule has 0 aliphatic rings. The van der Waals surface area contributed by atoms with Crippen LogP contribution in [-0.2, 0) is 11.2 Å². The van der Waals surface area contributed by atoms with Crippen LogP contribution in [0, 0.1) is 5.41 Å². The molecule has 24 heavy (non-hydrogen) atoms. The van der Waals surface area contributed by atoms with Gasteiger partial charge in [0.25, 0.3) is 0 Å². The number of benzene rings is 2. The Hall–Kier alpha value is -2.00. The van der Waals surface area contributed by atoms with Gasteiger partial charge in [-0.3, -0.25) is 4.79 Å². The summed E-state index contributed by atoms with van der Waals surface area (Å²) < 4.78 is 0. The highest BCUT2D eigenvalue weighted by atomic mass is 35.5. The van der Waals surface area contributed by atoms with Crippen LogP contribution in [0.3, 0.4) is 0 Å². The fraction of sp³-hybridized carbons (Fsp3) is 0.350. The number of halogens is 1. The molecule has 1 atom stereocenters. The number of rotatable bonds is 5. The SMILES string of the molecule is CC(C)(C)CC(NC(=O)Cc1ccc(N)cc1)c1ccccc1.Cl. The predicted molar refractivity (Wildman–Crippen MR) is 103 cm³/mol. The first kappa shape index (κ1) is 20.0. The van der Waals surface area contributed by atoms with Crippen molar-refractivity contribution in [3.8, 4) is 0 Å². The first-order chi connectivity index (χ1) is 10.8. The summed E-state index contributed by atoms with van der Waals surface area (Å²) in [6, 6.07) is 17.6. The molecule has 2 aromatic carbocycles. The van der Waals surface area contributed by atoms with Gasteiger partial charge in [-0.1, -0.05) is 63.2 Å². The maximum atomic E-state index is 12.4. The normalized spacial score (nSPS) is 12.1. The molecule has 1 amide bonds. The van der Waals surface area contributed by atoms with E-state index >= 15 is 0 Å². The Morgan fingerprint density at radius 1 is 1.04 bits per heavy atom. The van der Waals surface area contributed by atoms with Gasteiger partial charge in [0.1, 0.15) is 0 Å². The lowest BCUT2D eigenvalue weighted by atomic mass is 9.85. The van der Waals surface area contributed by atoms with Gasteiger partial charge >= 0.3 is 0 Å². The first-order valence-electron chi connectivity index (χ1n) is 8.02. The summed E-state index contributed by atoms with van der Waals surface area (Å²) in [6.45, 7) is 6.57. The second-order valence-corrected chi connectivity index (χ2v) is 7.21. The number of nitrogens with one attached hydrogen (secondary N) is 1. The van der Waals surface area contributed by atoms with Gasteiger partial charge in [-0.15, -0.1) is 12.4 Å². The van der Waals surface area contributed by atoms with Crippen molar-refractivity contribution in [2.75, 3.05) is 5.73 Å². The Morgan fingerprint density at radius 3 is 2.17 bits per heavy atom. The van der Waals surface area contributed by atoms with Gasteiger partial charge in [0.05, 0.1) is 12.5 Å². The third kappa shape index (κ3) is 6.63. The molecule has 0 aliphatic carbocycles. The highest BCUT2D eigenvalue weighted by Crippen LogP contribution is 2.29. The summed E-state index contributed by atoms with van der Waals surface area (Å²) in [7, 11) is 0. The maximum absolute atomic E-state index is 12.4. The van der Waals surface area contributed by atoms with Crippen LogP contribution in [0.1, 0.15) is 44.4 Å². The Labute approximate surface area is 151 Å². The van der Waals surface area contributed by atoms with Crippen LogP contribution < -0.4 is 11.1 Å². The quantitative estimate of drug-likeness (QED) is 0.781. The lowest BCUT2D eigenvalue weighted by Gasteiger charge is -2.27. The number of hydrogen-bond acceptors (Lipinski definition) is 2.